The van der Waals surface area contributed by atoms with E-state index in [1.165, 1.54) is 6.20 Å². The van der Waals surface area contributed by atoms with E-state index in [-0.39, 0.29) is 5.56 Å². The highest BCUT2D eigenvalue weighted by molar-refractivity contribution is 5.76. The number of H-pyrrole nitrogens is 1. The fraction of sp³-hybridized carbons (Fsp3) is 0.267. The second-order valence-corrected chi connectivity index (χ2v) is 5.16. The lowest BCUT2D eigenvalue weighted by Gasteiger charge is -2.25. The SMILES string of the molecule is O=c1[nH]c(N2CCCCO2)nc2c1cnn2-c1ccccc1. The molecule has 1 aliphatic heterocycles. The Balaban J connectivity index is 1.86. The minimum absolute atomic E-state index is 0.212. The molecule has 3 aromatic rings. The van der Waals surface area contributed by atoms with Crippen LogP contribution in [0.5, 0.6) is 0 Å². The standard InChI is InChI=1S/C15H15N5O2/c21-14-12-10-16-20(11-6-2-1-3-7-11)13(12)17-15(18-14)19-8-4-5-9-22-19/h1-3,6-7,10H,4-5,8-9H2,(H,17,18,21). The zero-order valence-corrected chi connectivity index (χ0v) is 11.9. The first-order chi connectivity index (χ1) is 10.8. The van der Waals surface area contributed by atoms with Gasteiger partial charge >= 0.3 is 0 Å². The summed E-state index contributed by atoms with van der Waals surface area (Å²) in [6.45, 7) is 1.35. The van der Waals surface area contributed by atoms with E-state index in [4.69, 9.17) is 4.84 Å². The molecule has 0 radical (unpaired) electrons. The van der Waals surface area contributed by atoms with Crippen molar-refractivity contribution in [1.29, 1.82) is 0 Å². The van der Waals surface area contributed by atoms with Crippen LogP contribution in [0.25, 0.3) is 16.7 Å². The fourth-order valence-electron chi connectivity index (χ4n) is 2.55. The summed E-state index contributed by atoms with van der Waals surface area (Å²) in [7, 11) is 0. The summed E-state index contributed by atoms with van der Waals surface area (Å²) in [4.78, 5) is 25.1. The number of benzene rings is 1. The van der Waals surface area contributed by atoms with Crippen LogP contribution in [0, 0.1) is 0 Å². The largest absolute Gasteiger partial charge is 0.290 e. The van der Waals surface area contributed by atoms with Crippen LogP contribution in [-0.2, 0) is 4.84 Å². The molecule has 1 N–H and O–H groups in total. The summed E-state index contributed by atoms with van der Waals surface area (Å²) in [5.74, 6) is 0.426. The molecule has 0 amide bonds. The van der Waals surface area contributed by atoms with Gasteiger partial charge in [-0.3, -0.25) is 14.6 Å². The number of aromatic nitrogens is 4. The summed E-state index contributed by atoms with van der Waals surface area (Å²) in [6.07, 6.45) is 3.57. The third-order valence-electron chi connectivity index (χ3n) is 3.67. The van der Waals surface area contributed by atoms with Crippen LogP contribution in [0.15, 0.2) is 41.3 Å². The minimum atomic E-state index is -0.212. The Kier molecular flexibility index (Phi) is 3.12. The van der Waals surface area contributed by atoms with E-state index in [0.29, 0.717) is 30.1 Å². The van der Waals surface area contributed by atoms with Crippen molar-refractivity contribution < 1.29 is 4.84 Å². The van der Waals surface area contributed by atoms with Crippen LogP contribution in [0.2, 0.25) is 0 Å². The number of hydrogen-bond donors (Lipinski definition) is 1. The van der Waals surface area contributed by atoms with Gasteiger partial charge in [0.25, 0.3) is 5.56 Å². The highest BCUT2D eigenvalue weighted by atomic mass is 16.7. The molecule has 112 valence electrons. The maximum Gasteiger partial charge on any atom is 0.263 e. The van der Waals surface area contributed by atoms with Crippen molar-refractivity contribution in [2.24, 2.45) is 0 Å². The van der Waals surface area contributed by atoms with Crippen LogP contribution >= 0.6 is 0 Å². The lowest BCUT2D eigenvalue weighted by molar-refractivity contribution is 0.0743. The summed E-state index contributed by atoms with van der Waals surface area (Å²) < 4.78 is 1.66. The Morgan fingerprint density at radius 1 is 1.18 bits per heavy atom. The molecule has 1 aromatic carbocycles. The summed E-state index contributed by atoms with van der Waals surface area (Å²) in [5, 5.41) is 6.40. The second-order valence-electron chi connectivity index (χ2n) is 5.16. The number of nitrogens with one attached hydrogen (secondary N) is 1. The first kappa shape index (κ1) is 13.0. The van der Waals surface area contributed by atoms with Crippen molar-refractivity contribution in [3.63, 3.8) is 0 Å². The average Bonchev–Trinajstić information content (AvgIpc) is 3.01. The lowest BCUT2D eigenvalue weighted by Crippen LogP contribution is -2.32. The zero-order chi connectivity index (χ0) is 14.9. The predicted octanol–water partition coefficient (Wildman–Crippen LogP) is 1.64. The van der Waals surface area contributed by atoms with E-state index in [1.807, 2.05) is 30.3 Å². The van der Waals surface area contributed by atoms with Gasteiger partial charge in [0.1, 0.15) is 5.39 Å². The van der Waals surface area contributed by atoms with Gasteiger partial charge in [0.05, 0.1) is 18.5 Å². The molecule has 1 saturated heterocycles. The average molecular weight is 297 g/mol. The van der Waals surface area contributed by atoms with Crippen LogP contribution in [0.3, 0.4) is 0 Å². The summed E-state index contributed by atoms with van der Waals surface area (Å²) in [6, 6.07) is 9.62. The van der Waals surface area contributed by atoms with Crippen LogP contribution in [0.4, 0.5) is 5.95 Å². The third kappa shape index (κ3) is 2.15. The van der Waals surface area contributed by atoms with Crippen molar-refractivity contribution in [3.8, 4) is 5.69 Å². The van der Waals surface area contributed by atoms with Crippen molar-refractivity contribution in [3.05, 3.63) is 46.9 Å². The first-order valence-electron chi connectivity index (χ1n) is 7.27. The van der Waals surface area contributed by atoms with Gasteiger partial charge in [-0.15, -0.1) is 0 Å². The van der Waals surface area contributed by atoms with E-state index in [2.05, 4.69) is 15.1 Å². The van der Waals surface area contributed by atoms with E-state index < -0.39 is 0 Å². The Morgan fingerprint density at radius 2 is 2.05 bits per heavy atom. The van der Waals surface area contributed by atoms with Gasteiger partial charge in [0.15, 0.2) is 5.65 Å². The second kappa shape index (κ2) is 5.27. The van der Waals surface area contributed by atoms with E-state index in [9.17, 15) is 4.79 Å². The molecule has 2 aromatic heterocycles. The quantitative estimate of drug-likeness (QED) is 0.778. The molecule has 7 heteroatoms. The molecule has 1 aliphatic rings. The third-order valence-corrected chi connectivity index (χ3v) is 3.67. The van der Waals surface area contributed by atoms with E-state index in [1.54, 1.807) is 9.75 Å². The molecule has 3 heterocycles. The van der Waals surface area contributed by atoms with Gasteiger partial charge < -0.3 is 0 Å². The first-order valence-corrected chi connectivity index (χ1v) is 7.27. The number of anilines is 1. The normalized spacial score (nSPS) is 15.4. The number of fused-ring (bicyclic) bond motifs is 1. The maximum absolute atomic E-state index is 12.3. The minimum Gasteiger partial charge on any atom is -0.290 e. The van der Waals surface area contributed by atoms with Crippen LogP contribution in [-0.4, -0.2) is 32.9 Å². The van der Waals surface area contributed by atoms with Gasteiger partial charge in [-0.2, -0.15) is 10.1 Å². The number of hydrogen-bond acceptors (Lipinski definition) is 5. The predicted molar refractivity (Wildman–Crippen MR) is 82.0 cm³/mol. The van der Waals surface area contributed by atoms with Gasteiger partial charge in [-0.05, 0) is 25.0 Å². The Morgan fingerprint density at radius 3 is 2.82 bits per heavy atom. The molecule has 4 rings (SSSR count). The molecule has 0 unspecified atom stereocenters. The summed E-state index contributed by atoms with van der Waals surface area (Å²) in [5.41, 5.74) is 1.18. The fourth-order valence-corrected chi connectivity index (χ4v) is 2.55. The maximum atomic E-state index is 12.3. The molecule has 0 saturated carbocycles. The highest BCUT2D eigenvalue weighted by Gasteiger charge is 2.18. The molecule has 7 nitrogen and oxygen atoms in total. The van der Waals surface area contributed by atoms with E-state index in [0.717, 1.165) is 18.5 Å². The number of nitrogens with zero attached hydrogens (tertiary/aromatic N) is 4. The zero-order valence-electron chi connectivity index (χ0n) is 11.9. The Hall–Kier alpha value is -2.67. The molecular formula is C15H15N5O2. The molecule has 0 spiro atoms. The molecule has 0 atom stereocenters. The van der Waals surface area contributed by atoms with E-state index >= 15 is 0 Å². The number of hydroxylamine groups is 1. The number of rotatable bonds is 2. The molecular weight excluding hydrogens is 282 g/mol. The highest BCUT2D eigenvalue weighted by Crippen LogP contribution is 2.18. The van der Waals surface area contributed by atoms with Crippen LogP contribution < -0.4 is 10.6 Å². The van der Waals surface area contributed by atoms with Crippen molar-refractivity contribution >= 4 is 17.0 Å². The van der Waals surface area contributed by atoms with Gasteiger partial charge in [0.2, 0.25) is 5.95 Å². The molecule has 1 fully saturated rings. The number of para-hydroxylation sites is 1. The van der Waals surface area contributed by atoms with Crippen molar-refractivity contribution in [2.75, 3.05) is 18.2 Å². The van der Waals surface area contributed by atoms with Crippen molar-refractivity contribution in [2.45, 2.75) is 12.8 Å². The van der Waals surface area contributed by atoms with Crippen LogP contribution in [0.1, 0.15) is 12.8 Å². The van der Waals surface area contributed by atoms with Gasteiger partial charge in [-0.25, -0.2) is 9.75 Å². The molecule has 0 bridgehead atoms. The van der Waals surface area contributed by atoms with Crippen molar-refractivity contribution in [1.82, 2.24) is 19.7 Å². The van der Waals surface area contributed by atoms with Gasteiger partial charge in [-0.1, -0.05) is 18.2 Å². The van der Waals surface area contributed by atoms with Gasteiger partial charge in [0, 0.05) is 6.54 Å². The molecule has 22 heavy (non-hydrogen) atoms. The molecule has 0 aliphatic carbocycles. The summed E-state index contributed by atoms with van der Waals surface area (Å²) >= 11 is 0. The monoisotopic (exact) mass is 297 g/mol. The number of aromatic amines is 1. The Labute approximate surface area is 126 Å². The lowest BCUT2D eigenvalue weighted by atomic mass is 10.3. The topological polar surface area (TPSA) is 76.0 Å². The smallest absolute Gasteiger partial charge is 0.263 e. The Bertz CT molecular complexity index is 849.